The largest absolute Gasteiger partial charge is 0.462 e. The van der Waals surface area contributed by atoms with Crippen LogP contribution in [0, 0.1) is 0 Å². The third-order valence-corrected chi connectivity index (χ3v) is 14.2. The lowest BCUT2D eigenvalue weighted by Crippen LogP contribution is -2.30. The van der Waals surface area contributed by atoms with Gasteiger partial charge < -0.3 is 14.2 Å². The molecule has 0 aromatic carbocycles. The lowest BCUT2D eigenvalue weighted by molar-refractivity contribution is -0.167. The van der Waals surface area contributed by atoms with E-state index >= 15 is 0 Å². The Labute approximate surface area is 471 Å². The molecule has 438 valence electrons. The summed E-state index contributed by atoms with van der Waals surface area (Å²) in [6.45, 7) is 6.54. The average molecular weight is 1060 g/mol. The third-order valence-electron chi connectivity index (χ3n) is 14.2. The van der Waals surface area contributed by atoms with Crippen molar-refractivity contribution < 1.29 is 28.6 Å². The van der Waals surface area contributed by atoms with Crippen LogP contribution < -0.4 is 0 Å². The Morgan fingerprint density at radius 3 is 0.803 bits per heavy atom. The molecule has 6 nitrogen and oxygen atoms in total. The van der Waals surface area contributed by atoms with Crippen LogP contribution in [0.25, 0.3) is 0 Å². The summed E-state index contributed by atoms with van der Waals surface area (Å²) in [5.74, 6) is -0.862. The van der Waals surface area contributed by atoms with Crippen LogP contribution >= 0.6 is 0 Å². The first kappa shape index (κ1) is 72.6. The van der Waals surface area contributed by atoms with E-state index in [1.807, 2.05) is 0 Å². The van der Waals surface area contributed by atoms with Crippen molar-refractivity contribution >= 4 is 17.9 Å². The van der Waals surface area contributed by atoms with E-state index in [1.165, 1.54) is 180 Å². The molecule has 0 aromatic heterocycles. The van der Waals surface area contributed by atoms with Crippen LogP contribution in [0.2, 0.25) is 0 Å². The number of ether oxygens (including phenoxy) is 3. The second-order valence-corrected chi connectivity index (χ2v) is 21.7. The predicted octanol–water partition coefficient (Wildman–Crippen LogP) is 22.3. The van der Waals surface area contributed by atoms with Crippen molar-refractivity contribution in [3.05, 3.63) is 85.1 Å². The number of esters is 3. The van der Waals surface area contributed by atoms with Crippen LogP contribution in [-0.2, 0) is 28.6 Å². The SMILES string of the molecule is CC/C=C\C/C=C\C/C=C\C/C=C\C/C=C\C/C=C\C/C=C\CCCCCCCCCCCCCC(=O)OCC(COC(=O)CCCCCCCCCCC)OC(=O)CCCCCCCCCCCCCCCCCC. The number of allylic oxidation sites excluding steroid dienone is 14. The molecule has 0 heterocycles. The van der Waals surface area contributed by atoms with Crippen LogP contribution in [0.1, 0.15) is 323 Å². The molecule has 1 atom stereocenters. The smallest absolute Gasteiger partial charge is 0.306 e. The van der Waals surface area contributed by atoms with Gasteiger partial charge in [0.1, 0.15) is 13.2 Å². The Balaban J connectivity index is 4.13. The molecule has 0 rings (SSSR count). The highest BCUT2D eigenvalue weighted by molar-refractivity contribution is 5.71. The molecule has 1 unspecified atom stereocenters. The van der Waals surface area contributed by atoms with Gasteiger partial charge in [0.15, 0.2) is 6.10 Å². The first-order chi connectivity index (χ1) is 37.5. The standard InChI is InChI=1S/C70H122O6/c1-4-7-10-13-16-19-21-23-25-27-28-29-30-31-32-33-34-35-36-37-38-39-40-41-42-43-45-46-48-51-54-57-60-63-69(72)75-66-67(65-74-68(71)62-59-56-53-50-18-15-12-9-6-3)76-70(73)64-61-58-55-52-49-47-44-26-24-22-20-17-14-11-8-5-2/h7,10,16,19,23,25,28-29,31-32,34-35,37-38,67H,4-6,8-9,11-15,17-18,20-22,24,26-27,30,33,36,39-66H2,1-3H3/b10-7-,19-16-,25-23-,29-28-,32-31-,35-34-,38-37-. The maximum Gasteiger partial charge on any atom is 0.306 e. The summed E-state index contributed by atoms with van der Waals surface area (Å²) in [6, 6.07) is 0. The van der Waals surface area contributed by atoms with E-state index in [0.29, 0.717) is 19.3 Å². The number of unbranched alkanes of at least 4 members (excludes halogenated alkanes) is 34. The van der Waals surface area contributed by atoms with Gasteiger partial charge in [-0.15, -0.1) is 0 Å². The van der Waals surface area contributed by atoms with Gasteiger partial charge in [-0.2, -0.15) is 0 Å². The molecule has 0 saturated heterocycles. The molecule has 6 heteroatoms. The molecule has 0 aliphatic heterocycles. The fourth-order valence-electron chi connectivity index (χ4n) is 9.31. The van der Waals surface area contributed by atoms with Crippen LogP contribution in [0.3, 0.4) is 0 Å². The second-order valence-electron chi connectivity index (χ2n) is 21.7. The van der Waals surface area contributed by atoms with E-state index in [0.717, 1.165) is 103 Å². The van der Waals surface area contributed by atoms with Crippen molar-refractivity contribution in [3.63, 3.8) is 0 Å². The normalized spacial score (nSPS) is 12.6. The van der Waals surface area contributed by atoms with E-state index in [-0.39, 0.29) is 31.1 Å². The highest BCUT2D eigenvalue weighted by atomic mass is 16.6. The van der Waals surface area contributed by atoms with Crippen molar-refractivity contribution in [1.29, 1.82) is 0 Å². The van der Waals surface area contributed by atoms with E-state index in [2.05, 4.69) is 106 Å². The molecular weight excluding hydrogens is 937 g/mol. The van der Waals surface area contributed by atoms with Crippen LogP contribution in [0.4, 0.5) is 0 Å². The van der Waals surface area contributed by atoms with E-state index in [1.54, 1.807) is 0 Å². The van der Waals surface area contributed by atoms with Crippen LogP contribution in [0.5, 0.6) is 0 Å². The molecule has 0 aliphatic carbocycles. The summed E-state index contributed by atoms with van der Waals surface area (Å²) in [6.07, 6.45) is 84.6. The zero-order chi connectivity index (χ0) is 55.0. The van der Waals surface area contributed by atoms with Gasteiger partial charge in [-0.3, -0.25) is 14.4 Å². The highest BCUT2D eigenvalue weighted by Crippen LogP contribution is 2.17. The monoisotopic (exact) mass is 1060 g/mol. The molecule has 0 aromatic rings. The Morgan fingerprint density at radius 1 is 0.276 bits per heavy atom. The van der Waals surface area contributed by atoms with Crippen molar-refractivity contribution in [3.8, 4) is 0 Å². The lowest BCUT2D eigenvalue weighted by Gasteiger charge is -2.18. The molecule has 0 bridgehead atoms. The zero-order valence-corrected chi connectivity index (χ0v) is 50.3. The van der Waals surface area contributed by atoms with Gasteiger partial charge in [0.2, 0.25) is 0 Å². The Kier molecular flexibility index (Phi) is 61.2. The molecule has 76 heavy (non-hydrogen) atoms. The second kappa shape index (κ2) is 64.1. The van der Waals surface area contributed by atoms with Gasteiger partial charge >= 0.3 is 17.9 Å². The van der Waals surface area contributed by atoms with Crippen LogP contribution in [-0.4, -0.2) is 37.2 Å². The molecule has 0 amide bonds. The summed E-state index contributed by atoms with van der Waals surface area (Å²) in [5.41, 5.74) is 0. The van der Waals surface area contributed by atoms with Crippen LogP contribution in [0.15, 0.2) is 85.1 Å². The van der Waals surface area contributed by atoms with E-state index in [4.69, 9.17) is 14.2 Å². The van der Waals surface area contributed by atoms with E-state index < -0.39 is 6.10 Å². The average Bonchev–Trinajstić information content (AvgIpc) is 3.42. The van der Waals surface area contributed by atoms with Gasteiger partial charge in [-0.05, 0) is 77.0 Å². The van der Waals surface area contributed by atoms with Gasteiger partial charge in [0, 0.05) is 19.3 Å². The topological polar surface area (TPSA) is 78.9 Å². The zero-order valence-electron chi connectivity index (χ0n) is 50.3. The summed E-state index contributed by atoms with van der Waals surface area (Å²) in [4.78, 5) is 38.2. The van der Waals surface area contributed by atoms with Gasteiger partial charge in [-0.1, -0.05) is 311 Å². The summed E-state index contributed by atoms with van der Waals surface area (Å²) in [7, 11) is 0. The number of hydrogen-bond donors (Lipinski definition) is 0. The minimum atomic E-state index is -0.772. The Morgan fingerprint density at radius 2 is 0.513 bits per heavy atom. The summed E-state index contributed by atoms with van der Waals surface area (Å²) >= 11 is 0. The Hall–Kier alpha value is -3.41. The number of carbonyl (C=O) groups is 3. The fourth-order valence-corrected chi connectivity index (χ4v) is 9.31. The van der Waals surface area contributed by atoms with Crippen molar-refractivity contribution in [2.75, 3.05) is 13.2 Å². The fraction of sp³-hybridized carbons (Fsp3) is 0.757. The number of rotatable bonds is 59. The van der Waals surface area contributed by atoms with Crippen molar-refractivity contribution in [2.45, 2.75) is 329 Å². The molecule has 0 spiro atoms. The van der Waals surface area contributed by atoms with Crippen molar-refractivity contribution in [1.82, 2.24) is 0 Å². The van der Waals surface area contributed by atoms with Crippen molar-refractivity contribution in [2.24, 2.45) is 0 Å². The van der Waals surface area contributed by atoms with Gasteiger partial charge in [0.25, 0.3) is 0 Å². The highest BCUT2D eigenvalue weighted by Gasteiger charge is 2.19. The van der Waals surface area contributed by atoms with E-state index in [9.17, 15) is 14.4 Å². The molecule has 0 aliphatic rings. The minimum Gasteiger partial charge on any atom is -0.462 e. The molecule has 0 fully saturated rings. The third kappa shape index (κ3) is 61.4. The molecule has 0 saturated carbocycles. The first-order valence-electron chi connectivity index (χ1n) is 32.6. The molecular formula is C70H122O6. The number of carbonyl (C=O) groups excluding carboxylic acids is 3. The minimum absolute atomic E-state index is 0.0715. The summed E-state index contributed by atoms with van der Waals surface area (Å²) in [5, 5.41) is 0. The predicted molar refractivity (Wildman–Crippen MR) is 330 cm³/mol. The molecule has 0 N–H and O–H groups in total. The molecule has 0 radical (unpaired) electrons. The lowest BCUT2D eigenvalue weighted by atomic mass is 10.0. The number of hydrogen-bond acceptors (Lipinski definition) is 6. The maximum atomic E-state index is 12.9. The quantitative estimate of drug-likeness (QED) is 0.0261. The Bertz CT molecular complexity index is 1450. The summed E-state index contributed by atoms with van der Waals surface area (Å²) < 4.78 is 16.9. The maximum absolute atomic E-state index is 12.9. The van der Waals surface area contributed by atoms with Gasteiger partial charge in [0.05, 0.1) is 0 Å². The van der Waals surface area contributed by atoms with Gasteiger partial charge in [-0.25, -0.2) is 0 Å². The first-order valence-corrected chi connectivity index (χ1v) is 32.6.